The summed E-state index contributed by atoms with van der Waals surface area (Å²) >= 11 is 1.36. The van der Waals surface area contributed by atoms with Gasteiger partial charge in [0.15, 0.2) is 17.6 Å². The van der Waals surface area contributed by atoms with E-state index >= 15 is 0 Å². The summed E-state index contributed by atoms with van der Waals surface area (Å²) in [7, 11) is 3.14. The lowest BCUT2D eigenvalue weighted by molar-refractivity contribution is -0.151. The molecule has 0 unspecified atom stereocenters. The number of benzene rings is 1. The zero-order valence-corrected chi connectivity index (χ0v) is 17.9. The van der Waals surface area contributed by atoms with Gasteiger partial charge in [-0.25, -0.2) is 4.79 Å². The molecule has 0 aliphatic rings. The van der Waals surface area contributed by atoms with Crippen LogP contribution in [0.25, 0.3) is 0 Å². The molecule has 0 fully saturated rings. The van der Waals surface area contributed by atoms with Gasteiger partial charge in [0.2, 0.25) is 0 Å². The zero-order chi connectivity index (χ0) is 21.3. The lowest BCUT2D eigenvalue weighted by Crippen LogP contribution is -2.46. The van der Waals surface area contributed by atoms with Crippen molar-refractivity contribution >= 4 is 29.7 Å². The number of nitrogens with one attached hydrogen (secondary N) is 2. The summed E-state index contributed by atoms with van der Waals surface area (Å²) in [5.74, 6) is 0.704. The average Bonchev–Trinajstić information content (AvgIpc) is 2.61. The number of carbonyl (C=O) groups is 3. The van der Waals surface area contributed by atoms with E-state index in [1.54, 1.807) is 28.1 Å². The molecule has 0 aromatic heterocycles. The number of rotatable bonds is 9. The Labute approximate surface area is 169 Å². The minimum atomic E-state index is -1.06. The van der Waals surface area contributed by atoms with Crippen LogP contribution >= 0.6 is 11.8 Å². The quantitative estimate of drug-likeness (QED) is 0.600. The van der Waals surface area contributed by atoms with Crippen molar-refractivity contribution in [2.24, 2.45) is 0 Å². The molecule has 0 aliphatic heterocycles. The van der Waals surface area contributed by atoms with E-state index in [1.165, 1.54) is 18.7 Å². The summed E-state index contributed by atoms with van der Waals surface area (Å²) in [6.45, 7) is 6.90. The number of imide groups is 1. The molecule has 0 aliphatic carbocycles. The molecule has 2 N–H and O–H groups in total. The summed E-state index contributed by atoms with van der Waals surface area (Å²) in [6.07, 6.45) is -1.06. The van der Waals surface area contributed by atoms with Gasteiger partial charge in [-0.15, -0.1) is 11.8 Å². The molecule has 8 nitrogen and oxygen atoms in total. The number of hydrogen-bond donors (Lipinski definition) is 2. The van der Waals surface area contributed by atoms with Crippen LogP contribution in [-0.4, -0.2) is 50.0 Å². The van der Waals surface area contributed by atoms with Gasteiger partial charge < -0.3 is 19.5 Å². The highest BCUT2D eigenvalue weighted by molar-refractivity contribution is 7.99. The van der Waals surface area contributed by atoms with Gasteiger partial charge in [0.05, 0.1) is 20.0 Å². The molecule has 0 heterocycles. The Morgan fingerprint density at radius 3 is 2.25 bits per heavy atom. The van der Waals surface area contributed by atoms with Gasteiger partial charge in [0.1, 0.15) is 0 Å². The first-order valence-electron chi connectivity index (χ1n) is 8.78. The molecule has 0 spiro atoms. The number of amides is 3. The number of esters is 1. The maximum Gasteiger partial charge on any atom is 0.321 e. The summed E-state index contributed by atoms with van der Waals surface area (Å²) in [5, 5.41) is 4.65. The lowest BCUT2D eigenvalue weighted by atomic mass is 10.1. The van der Waals surface area contributed by atoms with Crippen molar-refractivity contribution in [3.63, 3.8) is 0 Å². The Kier molecular flexibility index (Phi) is 9.64. The van der Waals surface area contributed by atoms with Gasteiger partial charge in [0, 0.05) is 11.8 Å². The third kappa shape index (κ3) is 7.67. The van der Waals surface area contributed by atoms with Gasteiger partial charge in [-0.2, -0.15) is 0 Å². The molecule has 3 amide bonds. The number of methoxy groups -OCH3 is 2. The van der Waals surface area contributed by atoms with Crippen molar-refractivity contribution in [2.45, 2.75) is 45.6 Å². The van der Waals surface area contributed by atoms with E-state index in [4.69, 9.17) is 14.2 Å². The molecular weight excluding hydrogens is 384 g/mol. The second-order valence-electron chi connectivity index (χ2n) is 6.38. The largest absolute Gasteiger partial charge is 0.493 e. The smallest absolute Gasteiger partial charge is 0.321 e. The minimum absolute atomic E-state index is 0.0730. The minimum Gasteiger partial charge on any atom is -0.493 e. The van der Waals surface area contributed by atoms with Gasteiger partial charge in [-0.1, -0.05) is 0 Å². The van der Waals surface area contributed by atoms with Crippen LogP contribution in [0.1, 0.15) is 31.9 Å². The number of carbonyl (C=O) groups excluding carboxylic acids is 3. The van der Waals surface area contributed by atoms with Gasteiger partial charge in [0.25, 0.3) is 5.91 Å². The fourth-order valence-electron chi connectivity index (χ4n) is 2.22. The molecule has 156 valence electrons. The highest BCUT2D eigenvalue weighted by atomic mass is 32.2. The van der Waals surface area contributed by atoms with E-state index in [9.17, 15) is 14.4 Å². The number of hydrogen-bond acceptors (Lipinski definition) is 7. The molecule has 0 radical (unpaired) electrons. The average molecular weight is 413 g/mol. The van der Waals surface area contributed by atoms with E-state index in [0.717, 1.165) is 11.1 Å². The summed E-state index contributed by atoms with van der Waals surface area (Å²) in [6, 6.07) is 3.01. The third-order valence-corrected chi connectivity index (χ3v) is 4.61. The summed E-state index contributed by atoms with van der Waals surface area (Å²) < 4.78 is 15.6. The molecule has 28 heavy (non-hydrogen) atoms. The van der Waals surface area contributed by atoms with Crippen molar-refractivity contribution in [3.05, 3.63) is 23.3 Å². The maximum absolute atomic E-state index is 12.0. The third-order valence-electron chi connectivity index (χ3n) is 3.65. The fourth-order valence-corrected chi connectivity index (χ4v) is 3.09. The molecule has 1 rings (SSSR count). The molecule has 1 atom stereocenters. The van der Waals surface area contributed by atoms with E-state index in [2.05, 4.69) is 10.6 Å². The predicted octanol–water partition coefficient (Wildman–Crippen LogP) is 2.41. The molecule has 1 aromatic rings. The zero-order valence-electron chi connectivity index (χ0n) is 17.1. The number of aryl methyl sites for hydroxylation is 1. The van der Waals surface area contributed by atoms with E-state index < -0.39 is 24.0 Å². The van der Waals surface area contributed by atoms with Crippen LogP contribution in [0.3, 0.4) is 0 Å². The predicted molar refractivity (Wildman–Crippen MR) is 108 cm³/mol. The second kappa shape index (κ2) is 11.4. The first kappa shape index (κ1) is 23.6. The van der Waals surface area contributed by atoms with E-state index in [-0.39, 0.29) is 11.8 Å². The molecule has 0 saturated heterocycles. The van der Waals surface area contributed by atoms with Crippen LogP contribution in [0, 0.1) is 6.92 Å². The number of thioether (sulfide) groups is 1. The van der Waals surface area contributed by atoms with Crippen LogP contribution < -0.4 is 20.1 Å². The highest BCUT2D eigenvalue weighted by Gasteiger charge is 2.20. The summed E-state index contributed by atoms with van der Waals surface area (Å²) in [4.78, 5) is 35.3. The van der Waals surface area contributed by atoms with Crippen LogP contribution in [0.5, 0.6) is 11.5 Å². The standard InChI is InChI=1S/C19H28N2O6S/c1-11(2)20-19(24)21-18(23)13(4)27-17(22)10-28-9-14-8-16(26-6)15(25-5)7-12(14)3/h7-8,11,13H,9-10H2,1-6H3,(H2,20,21,23,24)/t13-/m1/s1. The second-order valence-corrected chi connectivity index (χ2v) is 7.36. The molecule has 0 bridgehead atoms. The van der Waals surface area contributed by atoms with Gasteiger partial charge >= 0.3 is 12.0 Å². The Morgan fingerprint density at radius 2 is 1.68 bits per heavy atom. The van der Waals surface area contributed by atoms with Crippen molar-refractivity contribution in [3.8, 4) is 11.5 Å². The Hall–Kier alpha value is -2.42. The van der Waals surface area contributed by atoms with E-state index in [0.29, 0.717) is 17.3 Å². The van der Waals surface area contributed by atoms with Gasteiger partial charge in [-0.05, 0) is 51.0 Å². The molecular formula is C19H28N2O6S. The van der Waals surface area contributed by atoms with Crippen LogP contribution in [-0.2, 0) is 20.1 Å². The van der Waals surface area contributed by atoms with Crippen LogP contribution in [0.2, 0.25) is 0 Å². The van der Waals surface area contributed by atoms with Crippen molar-refractivity contribution in [1.29, 1.82) is 0 Å². The normalized spacial score (nSPS) is 11.5. The monoisotopic (exact) mass is 412 g/mol. The van der Waals surface area contributed by atoms with Crippen molar-refractivity contribution < 1.29 is 28.6 Å². The molecule has 9 heteroatoms. The van der Waals surface area contributed by atoms with Crippen LogP contribution in [0.4, 0.5) is 4.79 Å². The Balaban J connectivity index is 2.48. The Morgan fingerprint density at radius 1 is 1.07 bits per heavy atom. The topological polar surface area (TPSA) is 103 Å². The van der Waals surface area contributed by atoms with Crippen molar-refractivity contribution in [2.75, 3.05) is 20.0 Å². The highest BCUT2D eigenvalue weighted by Crippen LogP contribution is 2.31. The maximum atomic E-state index is 12.0. The SMILES string of the molecule is COc1cc(C)c(CSCC(=O)O[C@H](C)C(=O)NC(=O)NC(C)C)cc1OC. The number of ether oxygens (including phenoxy) is 3. The lowest BCUT2D eigenvalue weighted by Gasteiger charge is -2.15. The van der Waals surface area contributed by atoms with E-state index in [1.807, 2.05) is 19.1 Å². The molecule has 0 saturated carbocycles. The van der Waals surface area contributed by atoms with Crippen molar-refractivity contribution in [1.82, 2.24) is 10.6 Å². The molecule has 1 aromatic carbocycles. The fraction of sp³-hybridized carbons (Fsp3) is 0.526. The summed E-state index contributed by atoms with van der Waals surface area (Å²) in [5.41, 5.74) is 2.02. The first-order chi connectivity index (χ1) is 13.2. The first-order valence-corrected chi connectivity index (χ1v) is 9.93. The Bertz CT molecular complexity index is 708. The van der Waals surface area contributed by atoms with Gasteiger partial charge in [-0.3, -0.25) is 14.9 Å². The number of urea groups is 1. The van der Waals surface area contributed by atoms with Crippen LogP contribution in [0.15, 0.2) is 12.1 Å².